The van der Waals surface area contributed by atoms with E-state index in [4.69, 9.17) is 4.52 Å². The van der Waals surface area contributed by atoms with Gasteiger partial charge in [-0.25, -0.2) is 9.97 Å². The third kappa shape index (κ3) is 3.06. The van der Waals surface area contributed by atoms with Crippen LogP contribution in [-0.4, -0.2) is 52.1 Å². The maximum atomic E-state index is 12.8. The predicted molar refractivity (Wildman–Crippen MR) is 104 cm³/mol. The van der Waals surface area contributed by atoms with E-state index in [-0.39, 0.29) is 5.91 Å². The maximum Gasteiger partial charge on any atom is 0.227 e. The highest BCUT2D eigenvalue weighted by Gasteiger charge is 2.42. The molecule has 5 rings (SSSR count). The molecule has 0 bridgehead atoms. The second-order valence-electron chi connectivity index (χ2n) is 8.63. The molecule has 2 aromatic heterocycles. The lowest BCUT2D eigenvalue weighted by Crippen LogP contribution is -2.34. The number of fused-ring (bicyclic) bond motifs is 1. The van der Waals surface area contributed by atoms with Crippen LogP contribution in [0.5, 0.6) is 0 Å². The van der Waals surface area contributed by atoms with Crippen LogP contribution in [0, 0.1) is 25.7 Å². The Balaban J connectivity index is 1.21. The third-order valence-corrected chi connectivity index (χ3v) is 6.87. The Bertz CT molecular complexity index is 857. The summed E-state index contributed by atoms with van der Waals surface area (Å²) >= 11 is 0. The molecule has 2 unspecified atom stereocenters. The van der Waals surface area contributed by atoms with Crippen molar-refractivity contribution < 1.29 is 9.32 Å². The number of aromatic nitrogens is 3. The summed E-state index contributed by atoms with van der Waals surface area (Å²) in [6.07, 6.45) is 5.93. The maximum absolute atomic E-state index is 12.8. The molecule has 0 N–H and O–H groups in total. The lowest BCUT2D eigenvalue weighted by atomic mass is 9.83. The SMILES string of the molecule is Cc1noc(C)c1CC(=O)N1CC2CN(c3cc(C4CCC4)ncn3)CC2C1. The van der Waals surface area contributed by atoms with E-state index in [0.717, 1.165) is 49.0 Å². The van der Waals surface area contributed by atoms with Crippen LogP contribution in [0.3, 0.4) is 0 Å². The van der Waals surface area contributed by atoms with Crippen molar-refractivity contribution in [3.05, 3.63) is 35.1 Å². The number of carbonyl (C=O) groups excluding carboxylic acids is 1. The van der Waals surface area contributed by atoms with E-state index in [1.165, 1.54) is 25.0 Å². The second-order valence-corrected chi connectivity index (χ2v) is 8.63. The molecule has 7 nitrogen and oxygen atoms in total. The van der Waals surface area contributed by atoms with E-state index in [1.54, 1.807) is 6.33 Å². The summed E-state index contributed by atoms with van der Waals surface area (Å²) < 4.78 is 5.20. The van der Waals surface area contributed by atoms with E-state index in [9.17, 15) is 4.79 Å². The molecule has 1 amide bonds. The Morgan fingerprint density at radius 2 is 1.89 bits per heavy atom. The lowest BCUT2D eigenvalue weighted by molar-refractivity contribution is -0.129. The summed E-state index contributed by atoms with van der Waals surface area (Å²) in [5.41, 5.74) is 2.96. The van der Waals surface area contributed by atoms with Crippen LogP contribution in [0.2, 0.25) is 0 Å². The molecular weight excluding hydrogens is 354 g/mol. The Kier molecular flexibility index (Phi) is 4.33. The first-order valence-corrected chi connectivity index (χ1v) is 10.3. The molecular formula is C21H27N5O2. The molecule has 3 aliphatic rings. The fourth-order valence-electron chi connectivity index (χ4n) is 4.86. The van der Waals surface area contributed by atoms with Crippen molar-refractivity contribution in [2.75, 3.05) is 31.1 Å². The zero-order chi connectivity index (χ0) is 19.3. The van der Waals surface area contributed by atoms with E-state index in [1.807, 2.05) is 18.7 Å². The fraction of sp³-hybridized carbons (Fsp3) is 0.619. The number of carbonyl (C=O) groups is 1. The molecule has 2 aliphatic heterocycles. The van der Waals surface area contributed by atoms with E-state index < -0.39 is 0 Å². The van der Waals surface area contributed by atoms with Gasteiger partial charge in [0.25, 0.3) is 0 Å². The standard InChI is InChI=1S/C21H27N5O2/c1-13-18(14(2)28-24-13)6-21(27)26-10-16-8-25(9-17(16)11-26)20-7-19(22-12-23-20)15-4-3-5-15/h7,12,15-17H,3-6,8-11H2,1-2H3. The summed E-state index contributed by atoms with van der Waals surface area (Å²) in [5, 5.41) is 3.96. The van der Waals surface area contributed by atoms with Gasteiger partial charge in [-0.2, -0.15) is 0 Å². The van der Waals surface area contributed by atoms with Crippen LogP contribution >= 0.6 is 0 Å². The smallest absolute Gasteiger partial charge is 0.227 e. The van der Waals surface area contributed by atoms with Crippen LogP contribution in [0.25, 0.3) is 0 Å². The molecule has 7 heteroatoms. The average Bonchev–Trinajstić information content (AvgIpc) is 3.29. The van der Waals surface area contributed by atoms with Crippen molar-refractivity contribution in [2.24, 2.45) is 11.8 Å². The molecule has 2 aromatic rings. The normalized spacial score (nSPS) is 24.5. The highest BCUT2D eigenvalue weighted by atomic mass is 16.5. The Morgan fingerprint density at radius 3 is 2.50 bits per heavy atom. The van der Waals surface area contributed by atoms with E-state index in [2.05, 4.69) is 26.1 Å². The Morgan fingerprint density at radius 1 is 1.14 bits per heavy atom. The van der Waals surface area contributed by atoms with E-state index in [0.29, 0.717) is 24.2 Å². The molecule has 1 saturated carbocycles. The number of hydrogen-bond donors (Lipinski definition) is 0. The van der Waals surface area contributed by atoms with Gasteiger partial charge in [-0.1, -0.05) is 11.6 Å². The monoisotopic (exact) mass is 381 g/mol. The number of aryl methyl sites for hydroxylation is 2. The van der Waals surface area contributed by atoms with Crippen molar-refractivity contribution >= 4 is 11.7 Å². The molecule has 2 saturated heterocycles. The number of hydrogen-bond acceptors (Lipinski definition) is 6. The van der Waals surface area contributed by atoms with Gasteiger partial charge in [0.15, 0.2) is 0 Å². The van der Waals surface area contributed by atoms with Crippen LogP contribution in [0.4, 0.5) is 5.82 Å². The zero-order valence-corrected chi connectivity index (χ0v) is 16.6. The molecule has 0 aromatic carbocycles. The van der Waals surface area contributed by atoms with Gasteiger partial charge in [-0.3, -0.25) is 4.79 Å². The molecule has 2 atom stereocenters. The Hall–Kier alpha value is -2.44. The third-order valence-electron chi connectivity index (χ3n) is 6.87. The summed E-state index contributed by atoms with van der Waals surface area (Å²) in [6.45, 7) is 7.39. The number of likely N-dealkylation sites (tertiary alicyclic amines) is 1. The summed E-state index contributed by atoms with van der Waals surface area (Å²) in [4.78, 5) is 26.2. The van der Waals surface area contributed by atoms with Gasteiger partial charge >= 0.3 is 0 Å². The second kappa shape index (κ2) is 6.87. The topological polar surface area (TPSA) is 75.4 Å². The first-order chi connectivity index (χ1) is 13.6. The van der Waals surface area contributed by atoms with Gasteiger partial charge < -0.3 is 14.3 Å². The van der Waals surface area contributed by atoms with Crippen LogP contribution < -0.4 is 4.90 Å². The largest absolute Gasteiger partial charge is 0.361 e. The van der Waals surface area contributed by atoms with Crippen molar-refractivity contribution in [3.8, 4) is 0 Å². The van der Waals surface area contributed by atoms with Crippen molar-refractivity contribution in [2.45, 2.75) is 45.4 Å². The van der Waals surface area contributed by atoms with Gasteiger partial charge in [0.1, 0.15) is 17.9 Å². The first-order valence-electron chi connectivity index (χ1n) is 10.3. The first kappa shape index (κ1) is 17.6. The summed E-state index contributed by atoms with van der Waals surface area (Å²) in [7, 11) is 0. The molecule has 148 valence electrons. The average molecular weight is 381 g/mol. The van der Waals surface area contributed by atoms with Crippen molar-refractivity contribution in [3.63, 3.8) is 0 Å². The van der Waals surface area contributed by atoms with Crippen molar-refractivity contribution in [1.29, 1.82) is 0 Å². The summed E-state index contributed by atoms with van der Waals surface area (Å²) in [6, 6.07) is 2.19. The Labute approximate surface area is 165 Å². The van der Waals surface area contributed by atoms with Gasteiger partial charge in [0, 0.05) is 61.3 Å². The van der Waals surface area contributed by atoms with Gasteiger partial charge in [0.05, 0.1) is 12.1 Å². The minimum Gasteiger partial charge on any atom is -0.361 e. The van der Waals surface area contributed by atoms with E-state index >= 15 is 0 Å². The van der Waals surface area contributed by atoms with Gasteiger partial charge in [0.2, 0.25) is 5.91 Å². The van der Waals surface area contributed by atoms with Gasteiger partial charge in [-0.05, 0) is 26.7 Å². The number of rotatable bonds is 4. The molecule has 0 radical (unpaired) electrons. The number of anilines is 1. The van der Waals surface area contributed by atoms with Crippen LogP contribution in [0.1, 0.15) is 47.9 Å². The lowest BCUT2D eigenvalue weighted by Gasteiger charge is -2.26. The summed E-state index contributed by atoms with van der Waals surface area (Å²) in [5.74, 6) is 3.67. The highest BCUT2D eigenvalue weighted by molar-refractivity contribution is 5.79. The zero-order valence-electron chi connectivity index (χ0n) is 16.6. The number of amides is 1. The fourth-order valence-corrected chi connectivity index (χ4v) is 4.86. The van der Waals surface area contributed by atoms with Crippen LogP contribution in [0.15, 0.2) is 16.9 Å². The molecule has 1 aliphatic carbocycles. The van der Waals surface area contributed by atoms with Crippen LogP contribution in [-0.2, 0) is 11.2 Å². The predicted octanol–water partition coefficient (Wildman–Crippen LogP) is 2.49. The minimum atomic E-state index is 0.185. The number of nitrogens with zero attached hydrogens (tertiary/aromatic N) is 5. The molecule has 28 heavy (non-hydrogen) atoms. The van der Waals surface area contributed by atoms with Crippen molar-refractivity contribution in [1.82, 2.24) is 20.0 Å². The minimum absolute atomic E-state index is 0.185. The molecule has 3 fully saturated rings. The molecule has 0 spiro atoms. The quantitative estimate of drug-likeness (QED) is 0.810. The highest BCUT2D eigenvalue weighted by Crippen LogP contribution is 2.38. The molecule has 4 heterocycles. The van der Waals surface area contributed by atoms with Gasteiger partial charge in [-0.15, -0.1) is 0 Å².